The largest absolute Gasteiger partial charge is 0.366 e. The van der Waals surface area contributed by atoms with Crippen LogP contribution in [0.4, 0.5) is 5.69 Å². The van der Waals surface area contributed by atoms with Gasteiger partial charge in [-0.15, -0.1) is 21.5 Å². The molecule has 0 amide bonds. The highest BCUT2D eigenvalue weighted by atomic mass is 32.1. The van der Waals surface area contributed by atoms with Crippen molar-refractivity contribution in [3.05, 3.63) is 40.5 Å². The fraction of sp³-hybridized carbons (Fsp3) is 0.471. The summed E-state index contributed by atoms with van der Waals surface area (Å²) in [6, 6.07) is 6.60. The van der Waals surface area contributed by atoms with Crippen LogP contribution in [0.15, 0.2) is 29.9 Å². The van der Waals surface area contributed by atoms with Crippen molar-refractivity contribution in [1.82, 2.24) is 24.7 Å². The minimum Gasteiger partial charge on any atom is -0.366 e. The summed E-state index contributed by atoms with van der Waals surface area (Å²) in [5, 5.41) is 15.2. The molecule has 1 aliphatic carbocycles. The number of thiophene rings is 1. The molecule has 7 heteroatoms. The van der Waals surface area contributed by atoms with Crippen molar-refractivity contribution in [3.63, 3.8) is 0 Å². The number of nitrogens with zero attached hydrogens (tertiary/aromatic N) is 6. The van der Waals surface area contributed by atoms with Gasteiger partial charge in [0.2, 0.25) is 5.65 Å². The van der Waals surface area contributed by atoms with Crippen molar-refractivity contribution in [1.29, 1.82) is 0 Å². The van der Waals surface area contributed by atoms with Gasteiger partial charge in [-0.3, -0.25) is 4.90 Å². The molecule has 0 spiro atoms. The first kappa shape index (κ1) is 14.4. The van der Waals surface area contributed by atoms with E-state index < -0.39 is 0 Å². The predicted molar refractivity (Wildman–Crippen MR) is 94.6 cm³/mol. The van der Waals surface area contributed by atoms with E-state index in [4.69, 9.17) is 0 Å². The Morgan fingerprint density at radius 3 is 2.79 bits per heavy atom. The average molecular weight is 340 g/mol. The molecular weight excluding hydrogens is 320 g/mol. The van der Waals surface area contributed by atoms with Gasteiger partial charge in [0.15, 0.2) is 0 Å². The van der Waals surface area contributed by atoms with Crippen LogP contribution in [0.3, 0.4) is 0 Å². The Morgan fingerprint density at radius 2 is 2.04 bits per heavy atom. The fourth-order valence-corrected chi connectivity index (χ4v) is 4.16. The van der Waals surface area contributed by atoms with E-state index in [0.717, 1.165) is 38.4 Å². The Morgan fingerprint density at radius 1 is 1.17 bits per heavy atom. The zero-order valence-corrected chi connectivity index (χ0v) is 14.3. The lowest BCUT2D eigenvalue weighted by atomic mass is 10.2. The highest BCUT2D eigenvalue weighted by molar-refractivity contribution is 7.09. The second-order valence-corrected chi connectivity index (χ2v) is 7.70. The maximum absolute atomic E-state index is 4.67. The Labute approximate surface area is 144 Å². The summed E-state index contributed by atoms with van der Waals surface area (Å²) >= 11 is 1.84. The first-order valence-electron chi connectivity index (χ1n) is 8.57. The third-order valence-electron chi connectivity index (χ3n) is 4.94. The molecule has 5 rings (SSSR count). The summed E-state index contributed by atoms with van der Waals surface area (Å²) in [4.78, 5) is 6.43. The number of piperazine rings is 1. The SMILES string of the molecule is c1csc(CN2CCN(c3cc(C4CC4)nn4cnnc34)CC2)c1. The highest BCUT2D eigenvalue weighted by Gasteiger charge is 2.28. The van der Waals surface area contributed by atoms with Crippen LogP contribution >= 0.6 is 11.3 Å². The van der Waals surface area contributed by atoms with Crippen LogP contribution < -0.4 is 4.90 Å². The van der Waals surface area contributed by atoms with Gasteiger partial charge in [-0.05, 0) is 30.4 Å². The number of hydrogen-bond donors (Lipinski definition) is 0. The molecule has 24 heavy (non-hydrogen) atoms. The molecule has 3 aromatic heterocycles. The highest BCUT2D eigenvalue weighted by Crippen LogP contribution is 2.40. The van der Waals surface area contributed by atoms with Crippen LogP contribution in [0.5, 0.6) is 0 Å². The molecule has 0 bridgehead atoms. The summed E-state index contributed by atoms with van der Waals surface area (Å²) in [6.07, 6.45) is 4.24. The summed E-state index contributed by atoms with van der Waals surface area (Å²) in [6.45, 7) is 5.29. The molecular formula is C17H20N6S. The first-order chi connectivity index (χ1) is 11.9. The van der Waals surface area contributed by atoms with Crippen molar-refractivity contribution < 1.29 is 0 Å². The second kappa shape index (κ2) is 5.82. The van der Waals surface area contributed by atoms with E-state index in [-0.39, 0.29) is 0 Å². The minimum absolute atomic E-state index is 0.635. The zero-order valence-electron chi connectivity index (χ0n) is 13.5. The molecule has 2 fully saturated rings. The summed E-state index contributed by atoms with van der Waals surface area (Å²) in [5.74, 6) is 0.635. The molecule has 124 valence electrons. The van der Waals surface area contributed by atoms with Crippen LogP contribution in [0.25, 0.3) is 5.65 Å². The van der Waals surface area contributed by atoms with Gasteiger partial charge < -0.3 is 4.90 Å². The Balaban J connectivity index is 1.35. The van der Waals surface area contributed by atoms with Gasteiger partial charge in [0.1, 0.15) is 6.33 Å². The molecule has 6 nitrogen and oxygen atoms in total. The maximum Gasteiger partial charge on any atom is 0.200 e. The summed E-state index contributed by atoms with van der Waals surface area (Å²) in [7, 11) is 0. The van der Waals surface area contributed by atoms with Crippen molar-refractivity contribution >= 4 is 22.7 Å². The van der Waals surface area contributed by atoms with E-state index in [9.17, 15) is 0 Å². The summed E-state index contributed by atoms with van der Waals surface area (Å²) < 4.78 is 1.85. The van der Waals surface area contributed by atoms with Crippen LogP contribution in [-0.4, -0.2) is 50.9 Å². The molecule has 0 radical (unpaired) electrons. The molecule has 0 aromatic carbocycles. The van der Waals surface area contributed by atoms with Crippen molar-refractivity contribution in [2.45, 2.75) is 25.3 Å². The van der Waals surface area contributed by atoms with Gasteiger partial charge in [0.05, 0.1) is 11.4 Å². The van der Waals surface area contributed by atoms with E-state index in [1.54, 1.807) is 6.33 Å². The number of hydrogen-bond acceptors (Lipinski definition) is 6. The van der Waals surface area contributed by atoms with E-state index in [0.29, 0.717) is 5.92 Å². The van der Waals surface area contributed by atoms with Crippen molar-refractivity contribution in [3.8, 4) is 0 Å². The Bertz CT molecular complexity index is 830. The lowest BCUT2D eigenvalue weighted by molar-refractivity contribution is 0.252. The van der Waals surface area contributed by atoms with Gasteiger partial charge in [-0.2, -0.15) is 9.61 Å². The lowest BCUT2D eigenvalue weighted by Gasteiger charge is -2.35. The number of anilines is 1. The second-order valence-electron chi connectivity index (χ2n) is 6.67. The Hall–Kier alpha value is -1.99. The molecule has 0 atom stereocenters. The number of fused-ring (bicyclic) bond motifs is 1. The molecule has 4 heterocycles. The van der Waals surface area contributed by atoms with Crippen LogP contribution in [0.1, 0.15) is 29.3 Å². The molecule has 2 aliphatic rings. The van der Waals surface area contributed by atoms with Gasteiger partial charge in [-0.25, -0.2) is 0 Å². The van der Waals surface area contributed by atoms with E-state index in [1.807, 2.05) is 15.9 Å². The zero-order chi connectivity index (χ0) is 15.9. The van der Waals surface area contributed by atoms with Gasteiger partial charge >= 0.3 is 0 Å². The molecule has 0 unspecified atom stereocenters. The molecule has 3 aromatic rings. The fourth-order valence-electron chi connectivity index (χ4n) is 3.41. The molecule has 0 N–H and O–H groups in total. The van der Waals surface area contributed by atoms with Crippen molar-refractivity contribution in [2.75, 3.05) is 31.1 Å². The Kier molecular flexibility index (Phi) is 3.48. The third kappa shape index (κ3) is 2.67. The van der Waals surface area contributed by atoms with Crippen LogP contribution in [-0.2, 0) is 6.54 Å². The number of rotatable bonds is 4. The van der Waals surface area contributed by atoms with Crippen molar-refractivity contribution in [2.24, 2.45) is 0 Å². The van der Waals surface area contributed by atoms with Gasteiger partial charge in [-0.1, -0.05) is 6.07 Å². The van der Waals surface area contributed by atoms with Gasteiger partial charge in [0, 0.05) is 43.5 Å². The minimum atomic E-state index is 0.635. The smallest absolute Gasteiger partial charge is 0.200 e. The average Bonchev–Trinajstić information content (AvgIpc) is 3.13. The van der Waals surface area contributed by atoms with E-state index >= 15 is 0 Å². The topological polar surface area (TPSA) is 49.6 Å². The summed E-state index contributed by atoms with van der Waals surface area (Å²) in [5.41, 5.74) is 3.27. The van der Waals surface area contributed by atoms with E-state index in [2.05, 4.69) is 48.7 Å². The molecule has 1 saturated heterocycles. The normalized spacial score (nSPS) is 19.2. The number of aromatic nitrogens is 4. The van der Waals surface area contributed by atoms with Crippen LogP contribution in [0.2, 0.25) is 0 Å². The predicted octanol–water partition coefficient (Wildman–Crippen LogP) is 2.39. The van der Waals surface area contributed by atoms with E-state index in [1.165, 1.54) is 29.1 Å². The van der Waals surface area contributed by atoms with Gasteiger partial charge in [0.25, 0.3) is 0 Å². The lowest BCUT2D eigenvalue weighted by Crippen LogP contribution is -2.46. The third-order valence-corrected chi connectivity index (χ3v) is 5.80. The first-order valence-corrected chi connectivity index (χ1v) is 9.45. The standard InChI is InChI=1S/C17H20N6S/c1-2-14(24-9-1)11-21-5-7-22(8-6-21)16-10-15(13-3-4-13)20-23-12-18-19-17(16)23/h1-2,9-10,12-13H,3-8,11H2. The molecule has 1 saturated carbocycles. The van der Waals surface area contributed by atoms with Crippen LogP contribution in [0, 0.1) is 0 Å². The molecule has 1 aliphatic heterocycles. The quantitative estimate of drug-likeness (QED) is 0.730. The maximum atomic E-state index is 4.67. The monoisotopic (exact) mass is 340 g/mol.